The van der Waals surface area contributed by atoms with E-state index < -0.39 is 28.4 Å². The average molecular weight is 433 g/mol. The van der Waals surface area contributed by atoms with Gasteiger partial charge >= 0.3 is 6.36 Å². The molecular formula is C19H14F3N5O4. The SMILES string of the molecule is CC(C#N)(Cn1cc2cc([N+](=O)[O-])ccc2n1)c1cc(OC(F)(F)F)ccc1C(N)=O. The van der Waals surface area contributed by atoms with E-state index in [2.05, 4.69) is 9.84 Å². The molecule has 0 radical (unpaired) electrons. The van der Waals surface area contributed by atoms with Gasteiger partial charge in [0.15, 0.2) is 0 Å². The molecule has 0 aliphatic heterocycles. The number of nitrogens with zero attached hydrogens (tertiary/aromatic N) is 4. The highest BCUT2D eigenvalue weighted by Crippen LogP contribution is 2.34. The van der Waals surface area contributed by atoms with Crippen LogP contribution in [0.1, 0.15) is 22.8 Å². The maximum absolute atomic E-state index is 12.6. The van der Waals surface area contributed by atoms with E-state index in [-0.39, 0.29) is 23.4 Å². The second-order valence-corrected chi connectivity index (χ2v) is 6.89. The van der Waals surface area contributed by atoms with E-state index in [0.29, 0.717) is 10.9 Å². The number of nitrogens with two attached hydrogens (primary N) is 1. The second kappa shape index (κ2) is 7.60. The van der Waals surface area contributed by atoms with Crippen LogP contribution in [0.2, 0.25) is 0 Å². The zero-order valence-electron chi connectivity index (χ0n) is 15.9. The molecule has 0 aliphatic rings. The van der Waals surface area contributed by atoms with Gasteiger partial charge in [-0.15, -0.1) is 13.2 Å². The standard InChI is InChI=1S/C19H14F3N5O4/c1-18(9-23,10-26-8-11-6-12(27(29)30)2-5-16(11)25-26)15-7-13(31-19(20,21)22)3-4-14(15)17(24)28/h2-8H,10H2,1H3,(H2,24,28). The molecule has 1 atom stereocenters. The monoisotopic (exact) mass is 433 g/mol. The lowest BCUT2D eigenvalue weighted by Crippen LogP contribution is -2.30. The minimum Gasteiger partial charge on any atom is -0.406 e. The Hall–Kier alpha value is -4.14. The molecule has 3 aromatic rings. The number of halogens is 3. The lowest BCUT2D eigenvalue weighted by molar-refractivity contribution is -0.384. The number of aromatic nitrogens is 2. The van der Waals surface area contributed by atoms with Crippen LogP contribution in [-0.2, 0) is 12.0 Å². The third kappa shape index (κ3) is 4.55. The molecule has 12 heteroatoms. The minimum absolute atomic E-state index is 0.0743. The number of hydrogen-bond acceptors (Lipinski definition) is 6. The summed E-state index contributed by atoms with van der Waals surface area (Å²) in [5.41, 5.74) is 3.85. The highest BCUT2D eigenvalue weighted by molar-refractivity contribution is 5.95. The average Bonchev–Trinajstić information content (AvgIpc) is 3.07. The summed E-state index contributed by atoms with van der Waals surface area (Å²) < 4.78 is 43.1. The Morgan fingerprint density at radius 2 is 2.03 bits per heavy atom. The van der Waals surface area contributed by atoms with E-state index in [1.807, 2.05) is 6.07 Å². The number of ether oxygens (including phenoxy) is 1. The number of benzene rings is 2. The van der Waals surface area contributed by atoms with Crippen molar-refractivity contribution in [2.75, 3.05) is 0 Å². The van der Waals surface area contributed by atoms with Gasteiger partial charge in [-0.1, -0.05) is 0 Å². The zero-order valence-corrected chi connectivity index (χ0v) is 15.9. The molecule has 2 aromatic carbocycles. The van der Waals surface area contributed by atoms with Crippen LogP contribution in [0.15, 0.2) is 42.6 Å². The number of nitro groups is 1. The Bertz CT molecular complexity index is 1230. The number of alkyl halides is 3. The Morgan fingerprint density at radius 3 is 2.61 bits per heavy atom. The molecule has 3 rings (SSSR count). The van der Waals surface area contributed by atoms with Crippen molar-refractivity contribution in [3.63, 3.8) is 0 Å². The Labute approximate surface area is 172 Å². The minimum atomic E-state index is -4.97. The lowest BCUT2D eigenvalue weighted by atomic mass is 9.80. The number of fused-ring (bicyclic) bond motifs is 1. The summed E-state index contributed by atoms with van der Waals surface area (Å²) in [6, 6.07) is 8.91. The van der Waals surface area contributed by atoms with Gasteiger partial charge in [0.25, 0.3) is 5.69 Å². The molecule has 1 unspecified atom stereocenters. The van der Waals surface area contributed by atoms with Crippen LogP contribution in [0.5, 0.6) is 5.75 Å². The van der Waals surface area contributed by atoms with Gasteiger partial charge in [0.05, 0.1) is 28.5 Å². The number of amides is 1. The van der Waals surface area contributed by atoms with Crippen molar-refractivity contribution in [2.45, 2.75) is 25.2 Å². The summed E-state index contributed by atoms with van der Waals surface area (Å²) in [6.45, 7) is 1.22. The summed E-state index contributed by atoms with van der Waals surface area (Å²) >= 11 is 0. The van der Waals surface area contributed by atoms with E-state index in [0.717, 1.165) is 18.2 Å². The van der Waals surface area contributed by atoms with Gasteiger partial charge in [0.1, 0.15) is 5.75 Å². The molecule has 1 heterocycles. The fourth-order valence-electron chi connectivity index (χ4n) is 3.16. The van der Waals surface area contributed by atoms with Gasteiger partial charge in [-0.05, 0) is 36.8 Å². The van der Waals surface area contributed by atoms with Crippen molar-refractivity contribution < 1.29 is 27.6 Å². The first kappa shape index (κ1) is 21.6. The molecule has 1 aromatic heterocycles. The third-order valence-electron chi connectivity index (χ3n) is 4.56. The van der Waals surface area contributed by atoms with Crippen molar-refractivity contribution in [1.82, 2.24) is 9.78 Å². The van der Waals surface area contributed by atoms with Crippen LogP contribution in [0.25, 0.3) is 10.9 Å². The summed E-state index contributed by atoms with van der Waals surface area (Å²) in [7, 11) is 0. The van der Waals surface area contributed by atoms with Crippen molar-refractivity contribution in [1.29, 1.82) is 5.26 Å². The first-order valence-corrected chi connectivity index (χ1v) is 8.65. The first-order valence-electron chi connectivity index (χ1n) is 8.65. The fraction of sp³-hybridized carbons (Fsp3) is 0.211. The second-order valence-electron chi connectivity index (χ2n) is 6.89. The van der Waals surface area contributed by atoms with Gasteiger partial charge in [0, 0.05) is 29.3 Å². The maximum Gasteiger partial charge on any atom is 0.573 e. The molecular weight excluding hydrogens is 419 g/mol. The topological polar surface area (TPSA) is 137 Å². The Balaban J connectivity index is 2.06. The van der Waals surface area contributed by atoms with Crippen LogP contribution in [-0.4, -0.2) is 27.0 Å². The molecule has 160 valence electrons. The number of non-ortho nitro benzene ring substituents is 1. The maximum atomic E-state index is 12.6. The molecule has 1 amide bonds. The van der Waals surface area contributed by atoms with E-state index in [1.165, 1.54) is 36.0 Å². The van der Waals surface area contributed by atoms with Crippen LogP contribution in [0.4, 0.5) is 18.9 Å². The molecule has 9 nitrogen and oxygen atoms in total. The van der Waals surface area contributed by atoms with Gasteiger partial charge in [0.2, 0.25) is 5.91 Å². The molecule has 0 saturated heterocycles. The molecule has 0 fully saturated rings. The van der Waals surface area contributed by atoms with Crippen LogP contribution in [0.3, 0.4) is 0 Å². The molecule has 0 aliphatic carbocycles. The summed E-state index contributed by atoms with van der Waals surface area (Å²) in [5, 5.41) is 25.4. The normalized spacial score (nSPS) is 13.4. The molecule has 0 bridgehead atoms. The number of nitro benzene ring substituents is 1. The molecule has 0 spiro atoms. The lowest BCUT2D eigenvalue weighted by Gasteiger charge is -2.25. The first-order chi connectivity index (χ1) is 14.4. The highest BCUT2D eigenvalue weighted by atomic mass is 19.4. The number of nitriles is 1. The van der Waals surface area contributed by atoms with Crippen LogP contribution < -0.4 is 10.5 Å². The predicted molar refractivity (Wildman–Crippen MR) is 101 cm³/mol. The summed E-state index contributed by atoms with van der Waals surface area (Å²) in [4.78, 5) is 22.2. The number of primary amides is 1. The molecule has 0 saturated carbocycles. The van der Waals surface area contributed by atoms with E-state index in [4.69, 9.17) is 5.73 Å². The van der Waals surface area contributed by atoms with Crippen molar-refractivity contribution >= 4 is 22.5 Å². The zero-order chi connectivity index (χ0) is 23.0. The molecule has 31 heavy (non-hydrogen) atoms. The van der Waals surface area contributed by atoms with Crippen molar-refractivity contribution in [3.05, 3.63) is 63.8 Å². The summed E-state index contributed by atoms with van der Waals surface area (Å²) in [5.74, 6) is -1.55. The number of rotatable bonds is 6. The van der Waals surface area contributed by atoms with Crippen LogP contribution >= 0.6 is 0 Å². The predicted octanol–water partition coefficient (Wildman–Crippen LogP) is 3.42. The van der Waals surface area contributed by atoms with Crippen molar-refractivity contribution in [3.8, 4) is 11.8 Å². The van der Waals surface area contributed by atoms with Gasteiger partial charge in [-0.2, -0.15) is 10.4 Å². The highest BCUT2D eigenvalue weighted by Gasteiger charge is 2.35. The number of carbonyl (C=O) groups excluding carboxylic acids is 1. The van der Waals surface area contributed by atoms with Crippen molar-refractivity contribution in [2.24, 2.45) is 5.73 Å². The van der Waals surface area contributed by atoms with Gasteiger partial charge in [-0.3, -0.25) is 19.6 Å². The Kier molecular flexibility index (Phi) is 5.29. The number of hydrogen-bond donors (Lipinski definition) is 1. The third-order valence-corrected chi connectivity index (χ3v) is 4.56. The van der Waals surface area contributed by atoms with Crippen LogP contribution in [0, 0.1) is 21.4 Å². The van der Waals surface area contributed by atoms with E-state index in [9.17, 15) is 33.3 Å². The smallest absolute Gasteiger partial charge is 0.406 e. The Morgan fingerprint density at radius 1 is 1.32 bits per heavy atom. The quantitative estimate of drug-likeness (QED) is 0.467. The number of carbonyl (C=O) groups is 1. The fourth-order valence-corrected chi connectivity index (χ4v) is 3.16. The van der Waals surface area contributed by atoms with E-state index in [1.54, 1.807) is 0 Å². The molecule has 2 N–H and O–H groups in total. The largest absolute Gasteiger partial charge is 0.573 e. The summed E-state index contributed by atoms with van der Waals surface area (Å²) in [6.07, 6.45) is -3.51. The van der Waals surface area contributed by atoms with Gasteiger partial charge < -0.3 is 10.5 Å². The van der Waals surface area contributed by atoms with E-state index >= 15 is 0 Å². The van der Waals surface area contributed by atoms with Gasteiger partial charge in [-0.25, -0.2) is 0 Å².